The monoisotopic (exact) mass is 215 g/mol. The van der Waals surface area contributed by atoms with Crippen LogP contribution in [0.5, 0.6) is 0 Å². The molecule has 0 saturated heterocycles. The van der Waals surface area contributed by atoms with Crippen LogP contribution in [-0.4, -0.2) is 17.5 Å². The molecule has 0 heterocycles. The van der Waals surface area contributed by atoms with E-state index in [1.54, 1.807) is 0 Å². The third kappa shape index (κ3) is 4.70. The largest absolute Gasteiger partial charge is 0.327 e. The lowest BCUT2D eigenvalue weighted by molar-refractivity contribution is 0.397. The SMILES string of the molecule is CCCSCC(N)C1CCCCCC1. The smallest absolute Gasteiger partial charge is 0.0158 e. The van der Waals surface area contributed by atoms with Gasteiger partial charge in [-0.2, -0.15) is 11.8 Å². The summed E-state index contributed by atoms with van der Waals surface area (Å²) in [4.78, 5) is 0. The standard InChI is InChI=1S/C12H25NS/c1-2-9-14-10-12(13)11-7-5-3-4-6-8-11/h11-12H,2-10,13H2,1H3. The fourth-order valence-electron chi connectivity index (χ4n) is 2.24. The topological polar surface area (TPSA) is 26.0 Å². The van der Waals surface area contributed by atoms with E-state index in [1.807, 2.05) is 11.8 Å². The maximum absolute atomic E-state index is 6.24. The highest BCUT2D eigenvalue weighted by Gasteiger charge is 2.18. The van der Waals surface area contributed by atoms with E-state index in [4.69, 9.17) is 5.73 Å². The van der Waals surface area contributed by atoms with Gasteiger partial charge >= 0.3 is 0 Å². The molecule has 0 bridgehead atoms. The molecule has 1 fully saturated rings. The normalized spacial score (nSPS) is 21.9. The third-order valence-electron chi connectivity index (χ3n) is 3.16. The molecule has 1 aliphatic carbocycles. The summed E-state index contributed by atoms with van der Waals surface area (Å²) in [7, 11) is 0. The Morgan fingerprint density at radius 3 is 2.43 bits per heavy atom. The van der Waals surface area contributed by atoms with Crippen LogP contribution >= 0.6 is 11.8 Å². The number of hydrogen-bond donors (Lipinski definition) is 1. The molecule has 0 radical (unpaired) electrons. The Hall–Kier alpha value is 0.310. The molecular weight excluding hydrogens is 190 g/mol. The van der Waals surface area contributed by atoms with E-state index in [0.717, 1.165) is 5.92 Å². The number of hydrogen-bond acceptors (Lipinski definition) is 2. The van der Waals surface area contributed by atoms with E-state index in [1.165, 1.54) is 56.5 Å². The van der Waals surface area contributed by atoms with Crippen LogP contribution in [-0.2, 0) is 0 Å². The molecule has 84 valence electrons. The first-order valence-corrected chi connectivity index (χ1v) is 7.33. The molecule has 0 aliphatic heterocycles. The molecule has 1 nitrogen and oxygen atoms in total. The molecule has 1 atom stereocenters. The summed E-state index contributed by atoms with van der Waals surface area (Å²) in [5.74, 6) is 3.28. The van der Waals surface area contributed by atoms with Crippen molar-refractivity contribution in [3.63, 3.8) is 0 Å². The minimum atomic E-state index is 0.463. The van der Waals surface area contributed by atoms with Crippen LogP contribution in [0.25, 0.3) is 0 Å². The van der Waals surface area contributed by atoms with Gasteiger partial charge in [0.15, 0.2) is 0 Å². The number of thioether (sulfide) groups is 1. The van der Waals surface area contributed by atoms with E-state index < -0.39 is 0 Å². The molecule has 2 heteroatoms. The molecule has 1 unspecified atom stereocenters. The van der Waals surface area contributed by atoms with Gasteiger partial charge < -0.3 is 5.73 Å². The van der Waals surface area contributed by atoms with Crippen LogP contribution in [0.3, 0.4) is 0 Å². The Morgan fingerprint density at radius 1 is 1.21 bits per heavy atom. The van der Waals surface area contributed by atoms with Crippen LogP contribution in [0.15, 0.2) is 0 Å². The molecule has 0 spiro atoms. The molecule has 1 rings (SSSR count). The fourth-order valence-corrected chi connectivity index (χ4v) is 3.24. The summed E-state index contributed by atoms with van der Waals surface area (Å²) in [5.41, 5.74) is 6.24. The average Bonchev–Trinajstić information content (AvgIpc) is 2.46. The molecule has 14 heavy (non-hydrogen) atoms. The Morgan fingerprint density at radius 2 is 1.86 bits per heavy atom. The molecule has 0 aromatic carbocycles. The number of nitrogens with two attached hydrogens (primary N) is 1. The Balaban J connectivity index is 2.16. The van der Waals surface area contributed by atoms with Crippen molar-refractivity contribution >= 4 is 11.8 Å². The minimum Gasteiger partial charge on any atom is -0.327 e. The van der Waals surface area contributed by atoms with Gasteiger partial charge in [0.1, 0.15) is 0 Å². The van der Waals surface area contributed by atoms with Crippen molar-refractivity contribution in [3.05, 3.63) is 0 Å². The van der Waals surface area contributed by atoms with Crippen molar-refractivity contribution in [3.8, 4) is 0 Å². The van der Waals surface area contributed by atoms with E-state index in [-0.39, 0.29) is 0 Å². The Bertz CT molecular complexity index is 130. The van der Waals surface area contributed by atoms with Gasteiger partial charge in [0.25, 0.3) is 0 Å². The Kier molecular flexibility index (Phi) is 6.70. The molecule has 1 aliphatic rings. The predicted molar refractivity (Wildman–Crippen MR) is 66.8 cm³/mol. The highest BCUT2D eigenvalue weighted by Crippen LogP contribution is 2.26. The van der Waals surface area contributed by atoms with Gasteiger partial charge in [-0.05, 0) is 30.9 Å². The summed E-state index contributed by atoms with van der Waals surface area (Å²) in [6.07, 6.45) is 9.74. The highest BCUT2D eigenvalue weighted by atomic mass is 32.2. The average molecular weight is 215 g/mol. The zero-order chi connectivity index (χ0) is 10.2. The van der Waals surface area contributed by atoms with Gasteiger partial charge in [0.2, 0.25) is 0 Å². The summed E-state index contributed by atoms with van der Waals surface area (Å²) in [6.45, 7) is 2.24. The molecule has 1 saturated carbocycles. The highest BCUT2D eigenvalue weighted by molar-refractivity contribution is 7.99. The van der Waals surface area contributed by atoms with Crippen molar-refractivity contribution in [1.82, 2.24) is 0 Å². The number of rotatable bonds is 5. The maximum Gasteiger partial charge on any atom is 0.0158 e. The first-order chi connectivity index (χ1) is 6.84. The van der Waals surface area contributed by atoms with Gasteiger partial charge in [-0.1, -0.05) is 32.6 Å². The predicted octanol–water partition coefficient (Wildman–Crippen LogP) is 3.43. The van der Waals surface area contributed by atoms with Gasteiger partial charge in [-0.3, -0.25) is 0 Å². The Labute approximate surface area is 93.2 Å². The molecular formula is C12H25NS. The first kappa shape index (κ1) is 12.4. The zero-order valence-corrected chi connectivity index (χ0v) is 10.3. The van der Waals surface area contributed by atoms with Crippen LogP contribution in [0.2, 0.25) is 0 Å². The van der Waals surface area contributed by atoms with Crippen LogP contribution in [0.1, 0.15) is 51.9 Å². The lowest BCUT2D eigenvalue weighted by atomic mass is 9.94. The van der Waals surface area contributed by atoms with Crippen LogP contribution in [0, 0.1) is 5.92 Å². The lowest BCUT2D eigenvalue weighted by Gasteiger charge is -2.21. The van der Waals surface area contributed by atoms with Crippen molar-refractivity contribution in [1.29, 1.82) is 0 Å². The van der Waals surface area contributed by atoms with Crippen LogP contribution < -0.4 is 5.73 Å². The first-order valence-electron chi connectivity index (χ1n) is 6.18. The van der Waals surface area contributed by atoms with Crippen molar-refractivity contribution in [2.75, 3.05) is 11.5 Å². The van der Waals surface area contributed by atoms with Crippen molar-refractivity contribution < 1.29 is 0 Å². The maximum atomic E-state index is 6.24. The van der Waals surface area contributed by atoms with E-state index in [9.17, 15) is 0 Å². The van der Waals surface area contributed by atoms with Crippen molar-refractivity contribution in [2.45, 2.75) is 57.9 Å². The second kappa shape index (κ2) is 7.58. The van der Waals surface area contributed by atoms with E-state index in [0.29, 0.717) is 6.04 Å². The van der Waals surface area contributed by atoms with E-state index in [2.05, 4.69) is 6.92 Å². The lowest BCUT2D eigenvalue weighted by Crippen LogP contribution is -2.32. The molecule has 0 aromatic rings. The second-order valence-electron chi connectivity index (χ2n) is 4.49. The summed E-state index contributed by atoms with van der Waals surface area (Å²) < 4.78 is 0. The zero-order valence-electron chi connectivity index (χ0n) is 9.50. The minimum absolute atomic E-state index is 0.463. The molecule has 0 amide bonds. The van der Waals surface area contributed by atoms with Crippen LogP contribution in [0.4, 0.5) is 0 Å². The summed E-state index contributed by atoms with van der Waals surface area (Å²) in [6, 6.07) is 0.463. The molecule has 2 N–H and O–H groups in total. The van der Waals surface area contributed by atoms with Gasteiger partial charge in [-0.15, -0.1) is 0 Å². The van der Waals surface area contributed by atoms with Crippen molar-refractivity contribution in [2.24, 2.45) is 11.7 Å². The fraction of sp³-hybridized carbons (Fsp3) is 1.00. The summed E-state index contributed by atoms with van der Waals surface area (Å²) >= 11 is 2.04. The third-order valence-corrected chi connectivity index (χ3v) is 4.48. The van der Waals surface area contributed by atoms with E-state index >= 15 is 0 Å². The van der Waals surface area contributed by atoms with Gasteiger partial charge in [0, 0.05) is 11.8 Å². The second-order valence-corrected chi connectivity index (χ2v) is 5.64. The van der Waals surface area contributed by atoms with Gasteiger partial charge in [0.05, 0.1) is 0 Å². The summed E-state index contributed by atoms with van der Waals surface area (Å²) in [5, 5.41) is 0. The van der Waals surface area contributed by atoms with Gasteiger partial charge in [-0.25, -0.2) is 0 Å². The molecule has 0 aromatic heterocycles. The quantitative estimate of drug-likeness (QED) is 0.562.